The SMILES string of the molecule is CCC(C)N(C)CC(O)COc1ccc(C#N)cc1. The van der Waals surface area contributed by atoms with E-state index in [9.17, 15) is 5.11 Å². The molecule has 1 aromatic rings. The first kappa shape index (κ1) is 15.5. The number of rotatable bonds is 7. The lowest BCUT2D eigenvalue weighted by molar-refractivity contribution is 0.0649. The number of hydrogen-bond donors (Lipinski definition) is 1. The van der Waals surface area contributed by atoms with Crippen LogP contribution in [-0.2, 0) is 0 Å². The Bertz CT molecular complexity index is 411. The lowest BCUT2D eigenvalue weighted by Gasteiger charge is -2.26. The summed E-state index contributed by atoms with van der Waals surface area (Å²) >= 11 is 0. The summed E-state index contributed by atoms with van der Waals surface area (Å²) in [6, 6.07) is 9.38. The van der Waals surface area contributed by atoms with Crippen LogP contribution in [0.15, 0.2) is 24.3 Å². The van der Waals surface area contributed by atoms with Gasteiger partial charge in [0.2, 0.25) is 0 Å². The maximum absolute atomic E-state index is 9.91. The fourth-order valence-corrected chi connectivity index (χ4v) is 1.69. The Kier molecular flexibility index (Phi) is 6.34. The zero-order valence-corrected chi connectivity index (χ0v) is 11.8. The van der Waals surface area contributed by atoms with E-state index in [0.29, 0.717) is 23.9 Å². The van der Waals surface area contributed by atoms with Gasteiger partial charge in [0.25, 0.3) is 0 Å². The second kappa shape index (κ2) is 7.78. The van der Waals surface area contributed by atoms with E-state index in [0.717, 1.165) is 6.42 Å². The molecule has 0 saturated carbocycles. The van der Waals surface area contributed by atoms with Crippen molar-refractivity contribution in [3.63, 3.8) is 0 Å². The van der Waals surface area contributed by atoms with Gasteiger partial charge in [-0.3, -0.25) is 0 Å². The van der Waals surface area contributed by atoms with Crippen molar-refractivity contribution in [3.05, 3.63) is 29.8 Å². The molecule has 0 saturated heterocycles. The highest BCUT2D eigenvalue weighted by Crippen LogP contribution is 2.12. The monoisotopic (exact) mass is 262 g/mol. The Morgan fingerprint density at radius 2 is 2.00 bits per heavy atom. The average molecular weight is 262 g/mol. The van der Waals surface area contributed by atoms with Crippen LogP contribution < -0.4 is 4.74 Å². The molecule has 0 aliphatic heterocycles. The number of nitriles is 1. The number of hydrogen-bond acceptors (Lipinski definition) is 4. The minimum atomic E-state index is -0.519. The van der Waals surface area contributed by atoms with Crippen LogP contribution in [0.25, 0.3) is 0 Å². The van der Waals surface area contributed by atoms with Gasteiger partial charge in [0.1, 0.15) is 18.5 Å². The standard InChI is InChI=1S/C15H22N2O2/c1-4-12(2)17(3)10-14(18)11-19-15-7-5-13(9-16)6-8-15/h5-8,12,14,18H,4,10-11H2,1-3H3. The fraction of sp³-hybridized carbons (Fsp3) is 0.533. The molecule has 4 nitrogen and oxygen atoms in total. The molecule has 0 heterocycles. The molecule has 2 unspecified atom stereocenters. The molecule has 0 aliphatic rings. The molecule has 19 heavy (non-hydrogen) atoms. The van der Waals surface area contributed by atoms with E-state index in [-0.39, 0.29) is 6.61 Å². The summed E-state index contributed by atoms with van der Waals surface area (Å²) in [5, 5.41) is 18.6. The molecule has 2 atom stereocenters. The Balaban J connectivity index is 2.37. The van der Waals surface area contributed by atoms with Crippen LogP contribution in [0.3, 0.4) is 0 Å². The van der Waals surface area contributed by atoms with Gasteiger partial charge < -0.3 is 14.7 Å². The summed E-state index contributed by atoms with van der Waals surface area (Å²) in [6.45, 7) is 5.10. The van der Waals surface area contributed by atoms with Crippen molar-refractivity contribution < 1.29 is 9.84 Å². The molecule has 0 aliphatic carbocycles. The first-order chi connectivity index (χ1) is 9.06. The number of aliphatic hydroxyl groups is 1. The minimum absolute atomic E-state index is 0.257. The van der Waals surface area contributed by atoms with Gasteiger partial charge in [-0.1, -0.05) is 6.92 Å². The average Bonchev–Trinajstić information content (AvgIpc) is 2.44. The molecule has 104 valence electrons. The quantitative estimate of drug-likeness (QED) is 0.817. The second-order valence-electron chi connectivity index (χ2n) is 4.80. The maximum atomic E-state index is 9.91. The summed E-state index contributed by atoms with van der Waals surface area (Å²) in [5.74, 6) is 0.671. The number of aliphatic hydroxyl groups excluding tert-OH is 1. The number of ether oxygens (including phenoxy) is 1. The molecule has 0 amide bonds. The van der Waals surface area contributed by atoms with Crippen molar-refractivity contribution >= 4 is 0 Å². The van der Waals surface area contributed by atoms with Crippen LogP contribution in [0.4, 0.5) is 0 Å². The van der Waals surface area contributed by atoms with E-state index in [4.69, 9.17) is 10.00 Å². The molecule has 1 rings (SSSR count). The fourth-order valence-electron chi connectivity index (χ4n) is 1.69. The summed E-state index contributed by atoms with van der Waals surface area (Å²) in [7, 11) is 2.00. The minimum Gasteiger partial charge on any atom is -0.491 e. The molecule has 1 N–H and O–H groups in total. The van der Waals surface area contributed by atoms with Gasteiger partial charge >= 0.3 is 0 Å². The number of benzene rings is 1. The van der Waals surface area contributed by atoms with Gasteiger partial charge in [-0.25, -0.2) is 0 Å². The van der Waals surface area contributed by atoms with E-state index in [1.165, 1.54) is 0 Å². The van der Waals surface area contributed by atoms with Crippen molar-refractivity contribution in [2.24, 2.45) is 0 Å². The molecule has 0 bridgehead atoms. The second-order valence-corrected chi connectivity index (χ2v) is 4.80. The highest BCUT2D eigenvalue weighted by molar-refractivity contribution is 5.34. The predicted octanol–water partition coefficient (Wildman–Crippen LogP) is 2.03. The molecule has 0 aromatic heterocycles. The van der Waals surface area contributed by atoms with Crippen LogP contribution in [0.2, 0.25) is 0 Å². The molecular formula is C15H22N2O2. The van der Waals surface area contributed by atoms with Gasteiger partial charge in [0.15, 0.2) is 0 Å². The van der Waals surface area contributed by atoms with Crippen molar-refractivity contribution in [2.75, 3.05) is 20.2 Å². The number of likely N-dealkylation sites (N-methyl/N-ethyl adjacent to an activating group) is 1. The zero-order chi connectivity index (χ0) is 14.3. The van der Waals surface area contributed by atoms with Crippen LogP contribution >= 0.6 is 0 Å². The predicted molar refractivity (Wildman–Crippen MR) is 75.0 cm³/mol. The molecular weight excluding hydrogens is 240 g/mol. The third-order valence-corrected chi connectivity index (χ3v) is 3.27. The number of nitrogens with zero attached hydrogens (tertiary/aromatic N) is 2. The van der Waals surface area contributed by atoms with Crippen LogP contribution in [0.5, 0.6) is 5.75 Å². The molecule has 0 radical (unpaired) electrons. The van der Waals surface area contributed by atoms with Gasteiger partial charge in [-0.15, -0.1) is 0 Å². The van der Waals surface area contributed by atoms with Gasteiger partial charge in [0, 0.05) is 12.6 Å². The first-order valence-corrected chi connectivity index (χ1v) is 6.58. The largest absolute Gasteiger partial charge is 0.491 e. The van der Waals surface area contributed by atoms with Gasteiger partial charge in [0.05, 0.1) is 11.6 Å². The molecule has 1 aromatic carbocycles. The highest BCUT2D eigenvalue weighted by Gasteiger charge is 2.13. The molecule has 0 spiro atoms. The Morgan fingerprint density at radius 1 is 1.37 bits per heavy atom. The van der Waals surface area contributed by atoms with E-state index in [1.54, 1.807) is 24.3 Å². The van der Waals surface area contributed by atoms with Crippen molar-refractivity contribution in [1.29, 1.82) is 5.26 Å². The Labute approximate surface area is 115 Å². The lowest BCUT2D eigenvalue weighted by Crippen LogP contribution is -2.38. The normalized spacial score (nSPS) is 13.9. The molecule has 4 heteroatoms. The first-order valence-electron chi connectivity index (χ1n) is 6.58. The smallest absolute Gasteiger partial charge is 0.119 e. The van der Waals surface area contributed by atoms with E-state index in [2.05, 4.69) is 24.8 Å². The Hall–Kier alpha value is -1.57. The van der Waals surface area contributed by atoms with Crippen molar-refractivity contribution in [2.45, 2.75) is 32.4 Å². The topological polar surface area (TPSA) is 56.5 Å². The lowest BCUT2D eigenvalue weighted by atomic mass is 10.2. The summed E-state index contributed by atoms with van der Waals surface area (Å²) in [4.78, 5) is 2.12. The van der Waals surface area contributed by atoms with Crippen LogP contribution in [0, 0.1) is 11.3 Å². The van der Waals surface area contributed by atoms with Crippen molar-refractivity contribution in [3.8, 4) is 11.8 Å². The molecule has 0 fully saturated rings. The van der Waals surface area contributed by atoms with Gasteiger partial charge in [-0.05, 0) is 44.7 Å². The van der Waals surface area contributed by atoms with E-state index < -0.39 is 6.10 Å². The zero-order valence-electron chi connectivity index (χ0n) is 11.8. The summed E-state index contributed by atoms with van der Waals surface area (Å²) in [6.07, 6.45) is 0.536. The highest BCUT2D eigenvalue weighted by atomic mass is 16.5. The van der Waals surface area contributed by atoms with Gasteiger partial charge in [-0.2, -0.15) is 5.26 Å². The summed E-state index contributed by atoms with van der Waals surface area (Å²) < 4.78 is 5.50. The third-order valence-electron chi connectivity index (χ3n) is 3.27. The van der Waals surface area contributed by atoms with Crippen LogP contribution in [-0.4, -0.2) is 42.4 Å². The van der Waals surface area contributed by atoms with E-state index >= 15 is 0 Å². The maximum Gasteiger partial charge on any atom is 0.119 e. The van der Waals surface area contributed by atoms with Crippen LogP contribution in [0.1, 0.15) is 25.8 Å². The Morgan fingerprint density at radius 3 is 2.53 bits per heavy atom. The van der Waals surface area contributed by atoms with E-state index in [1.807, 2.05) is 7.05 Å². The third kappa shape index (κ3) is 5.29. The van der Waals surface area contributed by atoms with Crippen molar-refractivity contribution in [1.82, 2.24) is 4.90 Å². The summed E-state index contributed by atoms with van der Waals surface area (Å²) in [5.41, 5.74) is 0.601.